The molecule has 0 radical (unpaired) electrons. The molecule has 2 atom stereocenters. The topological polar surface area (TPSA) is 20.3 Å². The highest BCUT2D eigenvalue weighted by atomic mass is 19.1. The van der Waals surface area contributed by atoms with Crippen LogP contribution in [0.25, 0.3) is 0 Å². The average Bonchev–Trinajstić information content (AvgIpc) is 2.41. The van der Waals surface area contributed by atoms with Gasteiger partial charge in [-0.05, 0) is 43.4 Å². The Kier molecular flexibility index (Phi) is 6.16. The summed E-state index contributed by atoms with van der Waals surface area (Å²) in [5.41, 5.74) is 1.21. The molecular formula is C19H30FNO. The van der Waals surface area contributed by atoms with Crippen molar-refractivity contribution in [2.45, 2.75) is 67.3 Å². The zero-order chi connectivity index (χ0) is 17.1. The van der Waals surface area contributed by atoms with Crippen LogP contribution in [0.5, 0.6) is 0 Å². The van der Waals surface area contributed by atoms with Crippen molar-refractivity contribution in [3.8, 4) is 0 Å². The normalized spacial score (nSPS) is 14.5. The molecule has 0 aliphatic rings. The van der Waals surface area contributed by atoms with Gasteiger partial charge in [0.05, 0.1) is 5.69 Å². The van der Waals surface area contributed by atoms with E-state index in [4.69, 9.17) is 0 Å². The molecule has 0 spiro atoms. The van der Waals surface area contributed by atoms with Crippen molar-refractivity contribution in [2.75, 3.05) is 4.90 Å². The van der Waals surface area contributed by atoms with Crippen LogP contribution < -0.4 is 4.90 Å². The first-order valence-electron chi connectivity index (χ1n) is 8.18. The van der Waals surface area contributed by atoms with Gasteiger partial charge in [-0.15, -0.1) is 0 Å². The van der Waals surface area contributed by atoms with Crippen molar-refractivity contribution < 1.29 is 9.18 Å². The van der Waals surface area contributed by atoms with E-state index in [1.54, 1.807) is 17.0 Å². The average molecular weight is 307 g/mol. The number of rotatable bonds is 5. The third-order valence-corrected chi connectivity index (χ3v) is 4.42. The summed E-state index contributed by atoms with van der Waals surface area (Å²) in [6.07, 6.45) is 1.82. The summed E-state index contributed by atoms with van der Waals surface area (Å²) < 4.78 is 14.3. The molecule has 0 aromatic heterocycles. The highest BCUT2D eigenvalue weighted by Gasteiger charge is 2.34. The molecular weight excluding hydrogens is 277 g/mol. The summed E-state index contributed by atoms with van der Waals surface area (Å²) in [7, 11) is 0. The number of aryl methyl sites for hydroxylation is 1. The number of amides is 1. The quantitative estimate of drug-likeness (QED) is 0.719. The molecule has 0 N–H and O–H groups in total. The number of halogens is 1. The van der Waals surface area contributed by atoms with Gasteiger partial charge in [-0.3, -0.25) is 4.79 Å². The monoisotopic (exact) mass is 307 g/mol. The Morgan fingerprint density at radius 1 is 1.27 bits per heavy atom. The Hall–Kier alpha value is -1.38. The van der Waals surface area contributed by atoms with Gasteiger partial charge in [0, 0.05) is 12.0 Å². The van der Waals surface area contributed by atoms with E-state index in [1.165, 1.54) is 6.07 Å². The molecule has 0 heterocycles. The minimum atomic E-state index is -0.331. The van der Waals surface area contributed by atoms with E-state index in [2.05, 4.69) is 6.92 Å². The Bertz CT molecular complexity index is 519. The van der Waals surface area contributed by atoms with Crippen molar-refractivity contribution in [1.29, 1.82) is 0 Å². The molecule has 1 amide bonds. The van der Waals surface area contributed by atoms with Gasteiger partial charge in [-0.1, -0.05) is 47.1 Å². The number of carbonyl (C=O) groups excluding carboxylic acids is 1. The van der Waals surface area contributed by atoms with E-state index >= 15 is 0 Å². The van der Waals surface area contributed by atoms with Crippen LogP contribution in [-0.2, 0) is 4.79 Å². The lowest BCUT2D eigenvalue weighted by Crippen LogP contribution is -2.45. The molecule has 0 aliphatic heterocycles. The first kappa shape index (κ1) is 18.7. The molecule has 2 unspecified atom stereocenters. The van der Waals surface area contributed by atoms with E-state index in [9.17, 15) is 9.18 Å². The minimum absolute atomic E-state index is 0.00190. The van der Waals surface area contributed by atoms with Crippen LogP contribution >= 0.6 is 0 Å². The third kappa shape index (κ3) is 4.31. The summed E-state index contributed by atoms with van der Waals surface area (Å²) in [5.74, 6) is -0.507. The lowest BCUT2D eigenvalue weighted by Gasteiger charge is -2.36. The van der Waals surface area contributed by atoms with Crippen molar-refractivity contribution in [1.82, 2.24) is 0 Å². The highest BCUT2D eigenvalue weighted by Crippen LogP contribution is 2.32. The highest BCUT2D eigenvalue weighted by molar-refractivity contribution is 5.96. The minimum Gasteiger partial charge on any atom is -0.307 e. The Morgan fingerprint density at radius 3 is 2.36 bits per heavy atom. The summed E-state index contributed by atoms with van der Waals surface area (Å²) in [4.78, 5) is 14.7. The molecule has 0 aliphatic carbocycles. The van der Waals surface area contributed by atoms with Gasteiger partial charge in [-0.25, -0.2) is 4.39 Å². The maximum Gasteiger partial charge on any atom is 0.230 e. The van der Waals surface area contributed by atoms with Crippen LogP contribution in [0, 0.1) is 24.1 Å². The predicted molar refractivity (Wildman–Crippen MR) is 91.6 cm³/mol. The number of nitrogens with zero attached hydrogens (tertiary/aromatic N) is 1. The molecule has 0 bridgehead atoms. The molecule has 3 heteroatoms. The van der Waals surface area contributed by atoms with Gasteiger partial charge in [0.15, 0.2) is 0 Å². The number of hydrogen-bond donors (Lipinski definition) is 0. The van der Waals surface area contributed by atoms with E-state index in [1.807, 2.05) is 41.5 Å². The summed E-state index contributed by atoms with van der Waals surface area (Å²) in [6, 6.07) is 4.94. The third-order valence-electron chi connectivity index (χ3n) is 4.42. The Morgan fingerprint density at radius 2 is 1.86 bits per heavy atom. The summed E-state index contributed by atoms with van der Waals surface area (Å²) in [5, 5.41) is 0. The Balaban J connectivity index is 3.30. The van der Waals surface area contributed by atoms with Crippen molar-refractivity contribution >= 4 is 11.6 Å². The van der Waals surface area contributed by atoms with Crippen LogP contribution in [-0.4, -0.2) is 11.9 Å². The molecule has 1 aromatic carbocycles. The van der Waals surface area contributed by atoms with Crippen LogP contribution in [0.15, 0.2) is 18.2 Å². The molecule has 1 aromatic rings. The lowest BCUT2D eigenvalue weighted by atomic mass is 9.81. The van der Waals surface area contributed by atoms with E-state index < -0.39 is 0 Å². The van der Waals surface area contributed by atoms with Crippen molar-refractivity contribution in [3.63, 3.8) is 0 Å². The fourth-order valence-electron chi connectivity index (χ4n) is 2.51. The second kappa shape index (κ2) is 7.26. The van der Waals surface area contributed by atoms with Crippen molar-refractivity contribution in [2.24, 2.45) is 11.3 Å². The SMILES string of the molecule is CCCC(C)N(C(=O)C(C)C(C)(C)C)c1cc(C)ccc1F. The first-order chi connectivity index (χ1) is 10.1. The van der Waals surface area contributed by atoms with E-state index in [0.717, 1.165) is 18.4 Å². The van der Waals surface area contributed by atoms with Gasteiger partial charge >= 0.3 is 0 Å². The van der Waals surface area contributed by atoms with Crippen LogP contribution in [0.4, 0.5) is 10.1 Å². The van der Waals surface area contributed by atoms with Gasteiger partial charge in [0.2, 0.25) is 5.91 Å². The molecule has 22 heavy (non-hydrogen) atoms. The smallest absolute Gasteiger partial charge is 0.230 e. The molecule has 1 rings (SSSR count). The van der Waals surface area contributed by atoms with E-state index in [-0.39, 0.29) is 29.1 Å². The zero-order valence-corrected chi connectivity index (χ0v) is 15.0. The van der Waals surface area contributed by atoms with Gasteiger partial charge in [0.1, 0.15) is 5.82 Å². The zero-order valence-electron chi connectivity index (χ0n) is 15.0. The second-order valence-electron chi connectivity index (χ2n) is 7.39. The molecule has 0 saturated carbocycles. The fraction of sp³-hybridized carbons (Fsp3) is 0.632. The van der Waals surface area contributed by atoms with Gasteiger partial charge < -0.3 is 4.90 Å². The first-order valence-corrected chi connectivity index (χ1v) is 8.18. The molecule has 124 valence electrons. The van der Waals surface area contributed by atoms with Crippen LogP contribution in [0.3, 0.4) is 0 Å². The standard InChI is InChI=1S/C19H30FNO/c1-8-9-14(3)21(18(22)15(4)19(5,6)7)17-12-13(2)10-11-16(17)20/h10-12,14-15H,8-9H2,1-7H3. The predicted octanol–water partition coefficient (Wildman–Crippen LogP) is 5.34. The largest absolute Gasteiger partial charge is 0.307 e. The molecule has 0 saturated heterocycles. The second-order valence-corrected chi connectivity index (χ2v) is 7.39. The number of hydrogen-bond acceptors (Lipinski definition) is 1. The fourth-order valence-corrected chi connectivity index (χ4v) is 2.51. The molecule has 0 fully saturated rings. The van der Waals surface area contributed by atoms with Crippen LogP contribution in [0.1, 0.15) is 59.9 Å². The van der Waals surface area contributed by atoms with Crippen molar-refractivity contribution in [3.05, 3.63) is 29.6 Å². The number of carbonyl (C=O) groups is 1. The van der Waals surface area contributed by atoms with Gasteiger partial charge in [-0.2, -0.15) is 0 Å². The van der Waals surface area contributed by atoms with Crippen LogP contribution in [0.2, 0.25) is 0 Å². The summed E-state index contributed by atoms with van der Waals surface area (Å²) >= 11 is 0. The van der Waals surface area contributed by atoms with E-state index in [0.29, 0.717) is 5.69 Å². The maximum absolute atomic E-state index is 14.3. The number of anilines is 1. The molecule has 2 nitrogen and oxygen atoms in total. The Labute approximate surface area is 134 Å². The number of benzene rings is 1. The summed E-state index contributed by atoms with van der Waals surface area (Å²) in [6.45, 7) is 14.1. The maximum atomic E-state index is 14.3. The lowest BCUT2D eigenvalue weighted by molar-refractivity contribution is -0.125. The van der Waals surface area contributed by atoms with Gasteiger partial charge in [0.25, 0.3) is 0 Å².